The number of hydrogen-bond acceptors (Lipinski definition) is 3. The maximum Gasteiger partial charge on any atom is 0.253 e. The van der Waals surface area contributed by atoms with Gasteiger partial charge < -0.3 is 10.2 Å². The van der Waals surface area contributed by atoms with Gasteiger partial charge in [-0.2, -0.15) is 5.10 Å². The third-order valence-corrected chi connectivity index (χ3v) is 5.05. The molecule has 2 fully saturated rings. The van der Waals surface area contributed by atoms with Crippen molar-refractivity contribution in [1.82, 2.24) is 20.0 Å². The Labute approximate surface area is 148 Å². The second kappa shape index (κ2) is 6.57. The molecule has 5 nitrogen and oxygen atoms in total. The van der Waals surface area contributed by atoms with Crippen LogP contribution in [-0.2, 0) is 0 Å². The number of nitrogens with zero attached hydrogens (tertiary/aromatic N) is 3. The molecule has 6 heteroatoms. The first-order chi connectivity index (χ1) is 11.1. The Bertz CT molecular complexity index is 728. The number of halogens is 1. The van der Waals surface area contributed by atoms with Crippen LogP contribution in [0, 0.1) is 25.7 Å². The largest absolute Gasteiger partial charge is 0.338 e. The van der Waals surface area contributed by atoms with Gasteiger partial charge in [-0.3, -0.25) is 4.79 Å². The summed E-state index contributed by atoms with van der Waals surface area (Å²) in [6.07, 6.45) is 0. The van der Waals surface area contributed by atoms with E-state index in [1.165, 1.54) is 0 Å². The van der Waals surface area contributed by atoms with Crippen LogP contribution in [0.3, 0.4) is 0 Å². The second-order valence-electron chi connectivity index (χ2n) is 6.77. The molecule has 128 valence electrons. The fourth-order valence-corrected chi connectivity index (χ4v) is 3.84. The minimum atomic E-state index is 0. The molecule has 0 bridgehead atoms. The van der Waals surface area contributed by atoms with E-state index in [-0.39, 0.29) is 18.3 Å². The van der Waals surface area contributed by atoms with Gasteiger partial charge in [0.05, 0.1) is 11.4 Å². The zero-order chi connectivity index (χ0) is 16.0. The van der Waals surface area contributed by atoms with Crippen LogP contribution in [0.4, 0.5) is 0 Å². The van der Waals surface area contributed by atoms with Crippen molar-refractivity contribution in [3.8, 4) is 5.69 Å². The quantitative estimate of drug-likeness (QED) is 0.907. The zero-order valence-electron chi connectivity index (χ0n) is 14.0. The number of carbonyl (C=O) groups excluding carboxylic acids is 1. The molecular formula is C18H23ClN4O. The summed E-state index contributed by atoms with van der Waals surface area (Å²) >= 11 is 0. The fraction of sp³-hybridized carbons (Fsp3) is 0.444. The monoisotopic (exact) mass is 346 g/mol. The topological polar surface area (TPSA) is 50.2 Å². The number of hydrogen-bond donors (Lipinski definition) is 1. The summed E-state index contributed by atoms with van der Waals surface area (Å²) in [6.45, 7) is 7.89. The average molecular weight is 347 g/mol. The van der Waals surface area contributed by atoms with Crippen molar-refractivity contribution >= 4 is 18.3 Å². The van der Waals surface area contributed by atoms with Crippen LogP contribution < -0.4 is 5.32 Å². The van der Waals surface area contributed by atoms with Gasteiger partial charge in [0.2, 0.25) is 0 Å². The summed E-state index contributed by atoms with van der Waals surface area (Å²) < 4.78 is 1.91. The first-order valence-electron chi connectivity index (χ1n) is 8.25. The SMILES string of the molecule is Cc1cc(C)n(-c2ccc(C(=O)N3C[C@H]4CNC[C@H]4C3)cc2)n1.Cl. The van der Waals surface area contributed by atoms with Crippen LogP contribution in [0.25, 0.3) is 5.69 Å². The summed E-state index contributed by atoms with van der Waals surface area (Å²) in [5.41, 5.74) is 3.86. The number of amides is 1. The van der Waals surface area contributed by atoms with Crippen molar-refractivity contribution in [2.75, 3.05) is 26.2 Å². The Morgan fingerprint density at radius 3 is 2.29 bits per heavy atom. The third kappa shape index (κ3) is 2.94. The highest BCUT2D eigenvalue weighted by Crippen LogP contribution is 2.27. The van der Waals surface area contributed by atoms with E-state index in [4.69, 9.17) is 0 Å². The molecule has 0 saturated carbocycles. The first kappa shape index (κ1) is 17.0. The Balaban J connectivity index is 0.00000169. The third-order valence-electron chi connectivity index (χ3n) is 5.05. The van der Waals surface area contributed by atoms with Gasteiger partial charge in [0.1, 0.15) is 0 Å². The smallest absolute Gasteiger partial charge is 0.253 e. The van der Waals surface area contributed by atoms with Crippen molar-refractivity contribution in [2.45, 2.75) is 13.8 Å². The Morgan fingerprint density at radius 1 is 1.12 bits per heavy atom. The Morgan fingerprint density at radius 2 is 1.75 bits per heavy atom. The van der Waals surface area contributed by atoms with Gasteiger partial charge in [-0.15, -0.1) is 12.4 Å². The molecule has 1 N–H and O–H groups in total. The maximum atomic E-state index is 12.7. The number of rotatable bonds is 2. The van der Waals surface area contributed by atoms with Gasteiger partial charge in [0.15, 0.2) is 0 Å². The molecule has 1 aromatic carbocycles. The standard InChI is InChI=1S/C18H22N4O.ClH/c1-12-7-13(2)22(20-12)17-5-3-14(4-6-17)18(23)21-10-15-8-19-9-16(15)11-21;/h3-7,15-16,19H,8-11H2,1-2H3;1H/t15-,16+;. The van der Waals surface area contributed by atoms with Gasteiger partial charge in [0.25, 0.3) is 5.91 Å². The van der Waals surface area contributed by atoms with Crippen LogP contribution in [0.1, 0.15) is 21.7 Å². The van der Waals surface area contributed by atoms with Gasteiger partial charge in [-0.05, 0) is 56.0 Å². The number of fused-ring (bicyclic) bond motifs is 1. The number of carbonyl (C=O) groups is 1. The predicted octanol–water partition coefficient (Wildman–Crippen LogP) is 2.20. The normalized spacial score (nSPS) is 22.3. The van der Waals surface area contributed by atoms with Crippen LogP contribution in [-0.4, -0.2) is 46.8 Å². The number of aryl methyl sites for hydroxylation is 2. The van der Waals surface area contributed by atoms with Crippen LogP contribution >= 0.6 is 12.4 Å². The summed E-state index contributed by atoms with van der Waals surface area (Å²) in [7, 11) is 0. The van der Waals surface area contributed by atoms with Crippen LogP contribution in [0.5, 0.6) is 0 Å². The highest BCUT2D eigenvalue weighted by atomic mass is 35.5. The van der Waals surface area contributed by atoms with Crippen LogP contribution in [0.15, 0.2) is 30.3 Å². The summed E-state index contributed by atoms with van der Waals surface area (Å²) in [5, 5.41) is 7.89. The van der Waals surface area contributed by atoms with E-state index in [1.807, 2.05) is 47.7 Å². The molecular weight excluding hydrogens is 324 g/mol. The second-order valence-corrected chi connectivity index (χ2v) is 6.77. The van der Waals surface area contributed by atoms with Gasteiger partial charge >= 0.3 is 0 Å². The van der Waals surface area contributed by atoms with E-state index in [0.717, 1.165) is 48.8 Å². The van der Waals surface area contributed by atoms with E-state index in [9.17, 15) is 4.79 Å². The van der Waals surface area contributed by atoms with E-state index in [0.29, 0.717) is 11.8 Å². The Hall–Kier alpha value is -1.85. The highest BCUT2D eigenvalue weighted by molar-refractivity contribution is 5.94. The number of nitrogens with one attached hydrogen (secondary N) is 1. The summed E-state index contributed by atoms with van der Waals surface area (Å²) in [4.78, 5) is 14.7. The molecule has 0 radical (unpaired) electrons. The molecule has 2 atom stereocenters. The first-order valence-corrected chi connectivity index (χ1v) is 8.25. The number of aromatic nitrogens is 2. The molecule has 2 saturated heterocycles. The van der Waals surface area contributed by atoms with Crippen molar-refractivity contribution in [3.63, 3.8) is 0 Å². The summed E-state index contributed by atoms with van der Waals surface area (Å²) in [6, 6.07) is 9.84. The van der Waals surface area contributed by atoms with Gasteiger partial charge in [-0.1, -0.05) is 0 Å². The summed E-state index contributed by atoms with van der Waals surface area (Å²) in [5.74, 6) is 1.42. The van der Waals surface area contributed by atoms with Gasteiger partial charge in [0, 0.05) is 37.4 Å². The molecule has 4 rings (SSSR count). The lowest BCUT2D eigenvalue weighted by Gasteiger charge is -2.17. The molecule has 3 heterocycles. The average Bonchev–Trinajstić information content (AvgIpc) is 3.21. The lowest BCUT2D eigenvalue weighted by atomic mass is 10.0. The lowest BCUT2D eigenvalue weighted by Crippen LogP contribution is -2.31. The molecule has 2 aliphatic heterocycles. The predicted molar refractivity (Wildman–Crippen MR) is 96.0 cm³/mol. The molecule has 1 aromatic heterocycles. The lowest BCUT2D eigenvalue weighted by molar-refractivity contribution is 0.0781. The number of benzene rings is 1. The van der Waals surface area contributed by atoms with Crippen molar-refractivity contribution in [3.05, 3.63) is 47.3 Å². The highest BCUT2D eigenvalue weighted by Gasteiger charge is 2.38. The van der Waals surface area contributed by atoms with Gasteiger partial charge in [-0.25, -0.2) is 4.68 Å². The minimum absolute atomic E-state index is 0. The molecule has 2 aliphatic rings. The van der Waals surface area contributed by atoms with Crippen molar-refractivity contribution in [2.24, 2.45) is 11.8 Å². The fourth-order valence-electron chi connectivity index (χ4n) is 3.84. The maximum absolute atomic E-state index is 12.7. The molecule has 24 heavy (non-hydrogen) atoms. The zero-order valence-corrected chi connectivity index (χ0v) is 14.8. The molecule has 0 unspecified atom stereocenters. The van der Waals surface area contributed by atoms with Crippen molar-refractivity contribution in [1.29, 1.82) is 0 Å². The van der Waals surface area contributed by atoms with E-state index in [2.05, 4.69) is 16.5 Å². The minimum Gasteiger partial charge on any atom is -0.338 e. The molecule has 0 spiro atoms. The van der Waals surface area contributed by atoms with Crippen molar-refractivity contribution < 1.29 is 4.79 Å². The number of likely N-dealkylation sites (tertiary alicyclic amines) is 1. The van der Waals surface area contributed by atoms with E-state index >= 15 is 0 Å². The van der Waals surface area contributed by atoms with E-state index in [1.54, 1.807) is 0 Å². The molecule has 0 aliphatic carbocycles. The molecule has 2 aromatic rings. The van der Waals surface area contributed by atoms with E-state index < -0.39 is 0 Å². The van der Waals surface area contributed by atoms with Crippen LogP contribution in [0.2, 0.25) is 0 Å². The Kier molecular flexibility index (Phi) is 4.65. The molecule has 1 amide bonds.